The summed E-state index contributed by atoms with van der Waals surface area (Å²) < 4.78 is 28.8. The Hall–Kier alpha value is -3.07. The maximum Gasteiger partial charge on any atom is 0.264 e. The third kappa shape index (κ3) is 7.61. The van der Waals surface area contributed by atoms with E-state index in [-0.39, 0.29) is 23.4 Å². The van der Waals surface area contributed by atoms with E-state index in [1.54, 1.807) is 60.7 Å². The van der Waals surface area contributed by atoms with Crippen LogP contribution in [0.5, 0.6) is 0 Å². The van der Waals surface area contributed by atoms with E-state index in [4.69, 9.17) is 23.2 Å². The topological polar surface area (TPSA) is 86.8 Å². The number of halogens is 2. The number of amides is 2. The van der Waals surface area contributed by atoms with Gasteiger partial charge in [-0.05, 0) is 68.1 Å². The number of nitrogens with zero attached hydrogens (tertiary/aromatic N) is 2. The zero-order chi connectivity index (χ0) is 29.6. The summed E-state index contributed by atoms with van der Waals surface area (Å²) in [6.45, 7) is 3.31. The van der Waals surface area contributed by atoms with Gasteiger partial charge in [0.05, 0.1) is 20.6 Å². The molecule has 0 heterocycles. The fourth-order valence-corrected chi connectivity index (χ4v) is 6.84. The first-order valence-electron chi connectivity index (χ1n) is 13.8. The summed E-state index contributed by atoms with van der Waals surface area (Å²) in [6, 6.07) is 19.3. The van der Waals surface area contributed by atoms with E-state index in [0.29, 0.717) is 27.7 Å². The third-order valence-electron chi connectivity index (χ3n) is 7.36. The number of aryl methyl sites for hydroxylation is 1. The van der Waals surface area contributed by atoms with E-state index in [0.717, 1.165) is 35.6 Å². The van der Waals surface area contributed by atoms with Crippen LogP contribution >= 0.6 is 23.2 Å². The van der Waals surface area contributed by atoms with Crippen LogP contribution in [0.4, 0.5) is 5.69 Å². The van der Waals surface area contributed by atoms with Crippen LogP contribution in [0.3, 0.4) is 0 Å². The third-order valence-corrected chi connectivity index (χ3v) is 9.88. The van der Waals surface area contributed by atoms with Crippen molar-refractivity contribution in [2.45, 2.75) is 69.5 Å². The van der Waals surface area contributed by atoms with Crippen molar-refractivity contribution in [1.82, 2.24) is 10.2 Å². The molecule has 0 bridgehead atoms. The van der Waals surface area contributed by atoms with Crippen LogP contribution in [-0.2, 0) is 26.2 Å². The van der Waals surface area contributed by atoms with E-state index in [2.05, 4.69) is 5.32 Å². The molecule has 41 heavy (non-hydrogen) atoms. The van der Waals surface area contributed by atoms with E-state index < -0.39 is 28.5 Å². The Morgan fingerprint density at radius 2 is 1.61 bits per heavy atom. The molecular formula is C31H35Cl2N3O4S. The highest BCUT2D eigenvalue weighted by Gasteiger charge is 2.34. The number of hydrogen-bond acceptors (Lipinski definition) is 4. The SMILES string of the molecule is CC[C@H](C(=O)NC1CCCC1)N(Cc1ccc(Cl)c(Cl)c1)C(=O)CN(c1ccc(C)cc1)S(=O)(=O)c1ccccc1. The van der Waals surface area contributed by atoms with Crippen LogP contribution in [0, 0.1) is 6.92 Å². The van der Waals surface area contributed by atoms with Crippen LogP contribution in [0.1, 0.15) is 50.2 Å². The summed E-state index contributed by atoms with van der Waals surface area (Å²) in [4.78, 5) is 29.2. The minimum atomic E-state index is -4.11. The van der Waals surface area contributed by atoms with Gasteiger partial charge >= 0.3 is 0 Å². The van der Waals surface area contributed by atoms with E-state index in [1.165, 1.54) is 17.0 Å². The average Bonchev–Trinajstić information content (AvgIpc) is 3.47. The fourth-order valence-electron chi connectivity index (χ4n) is 5.08. The molecular weight excluding hydrogens is 581 g/mol. The molecule has 0 aliphatic heterocycles. The van der Waals surface area contributed by atoms with Crippen LogP contribution in [-0.4, -0.2) is 43.8 Å². The molecule has 0 spiro atoms. The maximum absolute atomic E-state index is 14.2. The standard InChI is InChI=1S/C31H35Cl2N3O4S/c1-3-29(31(38)34-24-9-7-8-10-24)35(20-23-15-18-27(32)28(33)19-23)30(37)21-36(25-16-13-22(2)14-17-25)41(39,40)26-11-5-4-6-12-26/h4-6,11-19,24,29H,3,7-10,20-21H2,1-2H3,(H,34,38)/t29-/m1/s1. The molecule has 3 aromatic carbocycles. The highest BCUT2D eigenvalue weighted by atomic mass is 35.5. The molecule has 10 heteroatoms. The summed E-state index contributed by atoms with van der Waals surface area (Å²) in [5.41, 5.74) is 1.98. The first kappa shape index (κ1) is 30.9. The van der Waals surface area contributed by atoms with E-state index in [1.807, 2.05) is 13.8 Å². The highest BCUT2D eigenvalue weighted by molar-refractivity contribution is 7.92. The molecule has 7 nitrogen and oxygen atoms in total. The average molecular weight is 617 g/mol. The molecule has 3 aromatic rings. The highest BCUT2D eigenvalue weighted by Crippen LogP contribution is 2.27. The van der Waals surface area contributed by atoms with E-state index >= 15 is 0 Å². The van der Waals surface area contributed by atoms with Gasteiger partial charge in [-0.2, -0.15) is 0 Å². The van der Waals surface area contributed by atoms with Crippen LogP contribution in [0.25, 0.3) is 0 Å². The van der Waals surface area contributed by atoms with Gasteiger partial charge in [-0.25, -0.2) is 8.42 Å². The molecule has 1 fully saturated rings. The van der Waals surface area contributed by atoms with Crippen molar-refractivity contribution >= 4 is 50.7 Å². The van der Waals surface area contributed by atoms with Gasteiger partial charge in [0.25, 0.3) is 10.0 Å². The monoisotopic (exact) mass is 615 g/mol. The van der Waals surface area contributed by atoms with Gasteiger partial charge in [-0.3, -0.25) is 13.9 Å². The number of anilines is 1. The molecule has 1 aliphatic rings. The Morgan fingerprint density at radius 3 is 2.22 bits per heavy atom. The predicted octanol–water partition coefficient (Wildman–Crippen LogP) is 6.36. The number of carbonyl (C=O) groups excluding carboxylic acids is 2. The summed E-state index contributed by atoms with van der Waals surface area (Å²) >= 11 is 12.4. The molecule has 0 radical (unpaired) electrons. The molecule has 0 saturated heterocycles. The van der Waals surface area contributed by atoms with Crippen molar-refractivity contribution in [2.24, 2.45) is 0 Å². The molecule has 1 saturated carbocycles. The Kier molecular flexibility index (Phi) is 10.3. The Labute approximate surface area is 252 Å². The molecule has 2 amide bonds. The first-order chi connectivity index (χ1) is 19.6. The number of carbonyl (C=O) groups is 2. The number of rotatable bonds is 11. The maximum atomic E-state index is 14.2. The summed E-state index contributed by atoms with van der Waals surface area (Å²) in [7, 11) is -4.11. The van der Waals surface area contributed by atoms with Gasteiger partial charge in [0.2, 0.25) is 11.8 Å². The minimum absolute atomic E-state index is 0.0550. The lowest BCUT2D eigenvalue weighted by Crippen LogP contribution is -2.53. The fraction of sp³-hybridized carbons (Fsp3) is 0.355. The van der Waals surface area contributed by atoms with Crippen molar-refractivity contribution in [3.05, 3.63) is 94.0 Å². The predicted molar refractivity (Wildman–Crippen MR) is 164 cm³/mol. The van der Waals surface area contributed by atoms with Gasteiger partial charge in [-0.15, -0.1) is 0 Å². The molecule has 1 aliphatic carbocycles. The second kappa shape index (κ2) is 13.7. The largest absolute Gasteiger partial charge is 0.352 e. The minimum Gasteiger partial charge on any atom is -0.352 e. The Balaban J connectivity index is 1.71. The van der Waals surface area contributed by atoms with Gasteiger partial charge in [0, 0.05) is 12.6 Å². The van der Waals surface area contributed by atoms with Crippen molar-refractivity contribution in [1.29, 1.82) is 0 Å². The first-order valence-corrected chi connectivity index (χ1v) is 16.0. The van der Waals surface area contributed by atoms with Gasteiger partial charge in [0.15, 0.2) is 0 Å². The Bertz CT molecular complexity index is 1460. The molecule has 1 atom stereocenters. The number of sulfonamides is 1. The second-order valence-corrected chi connectivity index (χ2v) is 13.0. The van der Waals surface area contributed by atoms with Crippen LogP contribution in [0.2, 0.25) is 10.0 Å². The number of hydrogen-bond donors (Lipinski definition) is 1. The van der Waals surface area contributed by atoms with Crippen molar-refractivity contribution in [2.75, 3.05) is 10.8 Å². The smallest absolute Gasteiger partial charge is 0.264 e. The molecule has 0 unspecified atom stereocenters. The summed E-state index contributed by atoms with van der Waals surface area (Å²) in [5, 5.41) is 3.81. The molecule has 4 rings (SSSR count). The second-order valence-electron chi connectivity index (χ2n) is 10.3. The lowest BCUT2D eigenvalue weighted by molar-refractivity contribution is -0.140. The molecule has 0 aromatic heterocycles. The lowest BCUT2D eigenvalue weighted by Gasteiger charge is -2.34. The summed E-state index contributed by atoms with van der Waals surface area (Å²) in [5.74, 6) is -0.759. The number of benzene rings is 3. The van der Waals surface area contributed by atoms with Gasteiger partial charge in [0.1, 0.15) is 12.6 Å². The van der Waals surface area contributed by atoms with Gasteiger partial charge in [-0.1, -0.05) is 84.9 Å². The summed E-state index contributed by atoms with van der Waals surface area (Å²) in [6.07, 6.45) is 4.26. The van der Waals surface area contributed by atoms with Crippen LogP contribution < -0.4 is 9.62 Å². The van der Waals surface area contributed by atoms with E-state index in [9.17, 15) is 18.0 Å². The normalized spacial score (nSPS) is 14.4. The van der Waals surface area contributed by atoms with Gasteiger partial charge < -0.3 is 10.2 Å². The Morgan fingerprint density at radius 1 is 0.951 bits per heavy atom. The zero-order valence-corrected chi connectivity index (χ0v) is 25.6. The van der Waals surface area contributed by atoms with Crippen molar-refractivity contribution in [3.63, 3.8) is 0 Å². The quantitative estimate of drug-likeness (QED) is 0.272. The van der Waals surface area contributed by atoms with Crippen LogP contribution in [0.15, 0.2) is 77.7 Å². The zero-order valence-electron chi connectivity index (χ0n) is 23.2. The number of nitrogens with one attached hydrogen (secondary N) is 1. The molecule has 1 N–H and O–H groups in total. The van der Waals surface area contributed by atoms with Crippen molar-refractivity contribution < 1.29 is 18.0 Å². The molecule has 218 valence electrons. The van der Waals surface area contributed by atoms with Crippen molar-refractivity contribution in [3.8, 4) is 0 Å². The lowest BCUT2D eigenvalue weighted by atomic mass is 10.1.